The quantitative estimate of drug-likeness (QED) is 0.705. The van der Waals surface area contributed by atoms with E-state index < -0.39 is 24.0 Å². The molecule has 0 aliphatic rings. The van der Waals surface area contributed by atoms with Crippen LogP contribution in [0, 0.1) is 5.92 Å². The van der Waals surface area contributed by atoms with Crippen LogP contribution in [-0.4, -0.2) is 29.1 Å². The van der Waals surface area contributed by atoms with Crippen LogP contribution in [0.5, 0.6) is 5.75 Å². The first-order valence-corrected chi connectivity index (χ1v) is 6.81. The summed E-state index contributed by atoms with van der Waals surface area (Å²) < 4.78 is 5.62. The molecular formula is C13H15BrN2O5. The van der Waals surface area contributed by atoms with Gasteiger partial charge in [0.25, 0.3) is 5.91 Å². The summed E-state index contributed by atoms with van der Waals surface area (Å²) in [5.41, 5.74) is 4.76. The standard InChI is InChI=1S/C13H15BrN2O5/c1-6(2)10(11(18)16-13(15)20)21-12(19)8-5-7(14)3-4-9(8)17/h3-6,10,17H,1-2H3,(H3,15,16,18,20)/t10-/m1/s1. The van der Waals surface area contributed by atoms with Gasteiger partial charge in [0.2, 0.25) is 0 Å². The number of primary amides is 1. The summed E-state index contributed by atoms with van der Waals surface area (Å²) in [4.78, 5) is 34.5. The van der Waals surface area contributed by atoms with E-state index >= 15 is 0 Å². The Bertz CT molecular complexity index is 574. The molecule has 0 unspecified atom stereocenters. The maximum atomic E-state index is 12.0. The van der Waals surface area contributed by atoms with Crippen molar-refractivity contribution in [2.24, 2.45) is 11.7 Å². The number of urea groups is 1. The molecule has 0 fully saturated rings. The van der Waals surface area contributed by atoms with E-state index in [1.54, 1.807) is 19.9 Å². The van der Waals surface area contributed by atoms with E-state index in [0.717, 1.165) is 0 Å². The number of phenols is 1. The van der Waals surface area contributed by atoms with Gasteiger partial charge in [-0.05, 0) is 24.1 Å². The van der Waals surface area contributed by atoms with Gasteiger partial charge < -0.3 is 15.6 Å². The molecule has 1 atom stereocenters. The van der Waals surface area contributed by atoms with Crippen LogP contribution in [-0.2, 0) is 9.53 Å². The molecule has 0 aromatic heterocycles. The van der Waals surface area contributed by atoms with Gasteiger partial charge in [0.15, 0.2) is 6.10 Å². The van der Waals surface area contributed by atoms with Crippen molar-refractivity contribution >= 4 is 33.8 Å². The smallest absolute Gasteiger partial charge is 0.342 e. The van der Waals surface area contributed by atoms with Crippen molar-refractivity contribution in [2.45, 2.75) is 20.0 Å². The lowest BCUT2D eigenvalue weighted by molar-refractivity contribution is -0.130. The number of imide groups is 1. The first-order chi connectivity index (χ1) is 9.72. The number of nitrogens with one attached hydrogen (secondary N) is 1. The molecule has 21 heavy (non-hydrogen) atoms. The van der Waals surface area contributed by atoms with Crippen LogP contribution < -0.4 is 11.1 Å². The molecule has 1 aromatic rings. The summed E-state index contributed by atoms with van der Waals surface area (Å²) >= 11 is 3.16. The van der Waals surface area contributed by atoms with Gasteiger partial charge in [-0.2, -0.15) is 0 Å². The molecule has 0 aliphatic heterocycles. The fourth-order valence-corrected chi connectivity index (χ4v) is 1.90. The number of hydrogen-bond donors (Lipinski definition) is 3. The second-order valence-electron chi connectivity index (χ2n) is 4.58. The Kier molecular flexibility index (Phi) is 5.71. The van der Waals surface area contributed by atoms with Crippen LogP contribution in [0.25, 0.3) is 0 Å². The molecule has 0 aliphatic carbocycles. The van der Waals surface area contributed by atoms with Gasteiger partial charge in [0.1, 0.15) is 11.3 Å². The van der Waals surface area contributed by atoms with Crippen molar-refractivity contribution in [3.8, 4) is 5.75 Å². The molecule has 7 nitrogen and oxygen atoms in total. The summed E-state index contributed by atoms with van der Waals surface area (Å²) in [5, 5.41) is 11.5. The second kappa shape index (κ2) is 7.07. The summed E-state index contributed by atoms with van der Waals surface area (Å²) in [6.07, 6.45) is -1.21. The van der Waals surface area contributed by atoms with Crippen molar-refractivity contribution < 1.29 is 24.2 Å². The Labute approximate surface area is 129 Å². The van der Waals surface area contributed by atoms with Crippen LogP contribution in [0.2, 0.25) is 0 Å². The SMILES string of the molecule is CC(C)[C@@H](OC(=O)c1cc(Br)ccc1O)C(=O)NC(N)=O. The number of carbonyl (C=O) groups excluding carboxylic acids is 3. The molecule has 0 saturated heterocycles. The third kappa shape index (κ3) is 4.75. The zero-order valence-corrected chi connectivity index (χ0v) is 13.0. The molecule has 0 spiro atoms. The molecule has 0 radical (unpaired) electrons. The monoisotopic (exact) mass is 358 g/mol. The summed E-state index contributed by atoms with van der Waals surface area (Å²) in [6, 6.07) is 3.19. The van der Waals surface area contributed by atoms with Crippen molar-refractivity contribution in [1.82, 2.24) is 5.32 Å². The fraction of sp³-hybridized carbons (Fsp3) is 0.308. The Balaban J connectivity index is 2.93. The lowest BCUT2D eigenvalue weighted by atomic mass is 10.1. The third-order valence-corrected chi connectivity index (χ3v) is 3.02. The lowest BCUT2D eigenvalue weighted by Gasteiger charge is -2.20. The van der Waals surface area contributed by atoms with Gasteiger partial charge in [0.05, 0.1) is 0 Å². The van der Waals surface area contributed by atoms with E-state index in [9.17, 15) is 19.5 Å². The number of benzene rings is 1. The number of amides is 3. The van der Waals surface area contributed by atoms with Crippen LogP contribution in [0.1, 0.15) is 24.2 Å². The van der Waals surface area contributed by atoms with E-state index in [-0.39, 0.29) is 17.2 Å². The van der Waals surface area contributed by atoms with Gasteiger partial charge in [-0.1, -0.05) is 29.8 Å². The molecule has 114 valence electrons. The predicted octanol–water partition coefficient (Wildman–Crippen LogP) is 1.53. The Hall–Kier alpha value is -2.09. The third-order valence-electron chi connectivity index (χ3n) is 2.52. The number of rotatable bonds is 4. The summed E-state index contributed by atoms with van der Waals surface area (Å²) in [6.45, 7) is 3.28. The molecule has 0 saturated carbocycles. The summed E-state index contributed by atoms with van der Waals surface area (Å²) in [7, 11) is 0. The van der Waals surface area contributed by atoms with Crippen molar-refractivity contribution in [3.05, 3.63) is 28.2 Å². The number of carbonyl (C=O) groups is 3. The maximum Gasteiger partial charge on any atom is 0.342 e. The average molecular weight is 359 g/mol. The zero-order chi connectivity index (χ0) is 16.2. The normalized spacial score (nSPS) is 11.8. The largest absolute Gasteiger partial charge is 0.507 e. The highest BCUT2D eigenvalue weighted by atomic mass is 79.9. The molecule has 1 aromatic carbocycles. The van der Waals surface area contributed by atoms with Gasteiger partial charge in [-0.25, -0.2) is 9.59 Å². The number of nitrogens with two attached hydrogens (primary N) is 1. The average Bonchev–Trinajstić information content (AvgIpc) is 2.37. The lowest BCUT2D eigenvalue weighted by Crippen LogP contribution is -2.45. The van der Waals surface area contributed by atoms with Crippen LogP contribution >= 0.6 is 15.9 Å². The number of hydrogen-bond acceptors (Lipinski definition) is 5. The van der Waals surface area contributed by atoms with E-state index in [0.29, 0.717) is 4.47 Å². The highest BCUT2D eigenvalue weighted by Gasteiger charge is 2.28. The molecule has 0 heterocycles. The number of aromatic hydroxyl groups is 1. The molecule has 3 amide bonds. The molecule has 1 rings (SSSR count). The van der Waals surface area contributed by atoms with Crippen molar-refractivity contribution in [1.29, 1.82) is 0 Å². The van der Waals surface area contributed by atoms with Crippen molar-refractivity contribution in [3.63, 3.8) is 0 Å². The molecular weight excluding hydrogens is 344 g/mol. The van der Waals surface area contributed by atoms with Gasteiger partial charge in [-0.15, -0.1) is 0 Å². The highest BCUT2D eigenvalue weighted by Crippen LogP contribution is 2.23. The number of halogens is 1. The number of ether oxygens (including phenoxy) is 1. The van der Waals surface area contributed by atoms with E-state index in [2.05, 4.69) is 15.9 Å². The Morgan fingerprint density at radius 2 is 1.95 bits per heavy atom. The van der Waals surface area contributed by atoms with Gasteiger partial charge in [0, 0.05) is 4.47 Å². The Morgan fingerprint density at radius 1 is 1.33 bits per heavy atom. The maximum absolute atomic E-state index is 12.0. The van der Waals surface area contributed by atoms with E-state index in [4.69, 9.17) is 10.5 Å². The number of phenolic OH excluding ortho intramolecular Hbond substituents is 1. The van der Waals surface area contributed by atoms with E-state index in [1.807, 2.05) is 5.32 Å². The first kappa shape index (κ1) is 17.0. The minimum atomic E-state index is -1.21. The highest BCUT2D eigenvalue weighted by molar-refractivity contribution is 9.10. The molecule has 4 N–H and O–H groups in total. The van der Waals surface area contributed by atoms with Crippen LogP contribution in [0.15, 0.2) is 22.7 Å². The zero-order valence-electron chi connectivity index (χ0n) is 11.4. The van der Waals surface area contributed by atoms with Crippen LogP contribution in [0.3, 0.4) is 0 Å². The van der Waals surface area contributed by atoms with Crippen molar-refractivity contribution in [2.75, 3.05) is 0 Å². The minimum Gasteiger partial charge on any atom is -0.507 e. The number of esters is 1. The van der Waals surface area contributed by atoms with E-state index in [1.165, 1.54) is 12.1 Å². The molecule has 8 heteroatoms. The summed E-state index contributed by atoms with van der Waals surface area (Å²) in [5.74, 6) is -2.36. The first-order valence-electron chi connectivity index (χ1n) is 6.02. The molecule has 0 bridgehead atoms. The Morgan fingerprint density at radius 3 is 2.48 bits per heavy atom. The predicted molar refractivity (Wildman–Crippen MR) is 77.6 cm³/mol. The fourth-order valence-electron chi connectivity index (χ4n) is 1.54. The van der Waals surface area contributed by atoms with Gasteiger partial charge in [-0.3, -0.25) is 10.1 Å². The topological polar surface area (TPSA) is 119 Å². The van der Waals surface area contributed by atoms with Crippen LogP contribution in [0.4, 0.5) is 4.79 Å². The minimum absolute atomic E-state index is 0.0955. The second-order valence-corrected chi connectivity index (χ2v) is 5.50. The van der Waals surface area contributed by atoms with Gasteiger partial charge >= 0.3 is 12.0 Å².